The van der Waals surface area contributed by atoms with Crippen LogP contribution in [0.1, 0.15) is 33.6 Å². The molecule has 3 N–H and O–H groups in total. The summed E-state index contributed by atoms with van der Waals surface area (Å²) in [7, 11) is -1.67. The lowest BCUT2D eigenvalue weighted by Gasteiger charge is -2.39. The maximum Gasteiger partial charge on any atom is 0.192 e. The Morgan fingerprint density at radius 1 is 1.44 bits per heavy atom. The molecule has 3 nitrogen and oxygen atoms in total. The second-order valence-electron chi connectivity index (χ2n) is 6.26. The molecule has 1 rings (SSSR count). The molecular formula is C11H24N2OSSi. The highest BCUT2D eigenvalue weighted by Crippen LogP contribution is 2.47. The molecule has 0 amide bonds. The number of thiocarbonyl (C=S) groups is 1. The Labute approximate surface area is 105 Å². The van der Waals surface area contributed by atoms with Gasteiger partial charge >= 0.3 is 0 Å². The van der Waals surface area contributed by atoms with Crippen molar-refractivity contribution in [2.75, 3.05) is 6.54 Å². The number of rotatable bonds is 4. The van der Waals surface area contributed by atoms with Crippen LogP contribution in [0.3, 0.4) is 0 Å². The van der Waals surface area contributed by atoms with E-state index in [9.17, 15) is 0 Å². The Bertz CT molecular complexity index is 282. The van der Waals surface area contributed by atoms with Crippen LogP contribution in [-0.2, 0) is 4.43 Å². The number of hydrogen-bond acceptors (Lipinski definition) is 2. The van der Waals surface area contributed by atoms with Gasteiger partial charge in [-0.25, -0.2) is 0 Å². The Morgan fingerprint density at radius 2 is 1.94 bits per heavy atom. The molecule has 94 valence electrons. The third-order valence-corrected chi connectivity index (χ3v) is 8.37. The highest BCUT2D eigenvalue weighted by molar-refractivity contribution is 7.80. The van der Waals surface area contributed by atoms with Gasteiger partial charge in [0.05, 0.1) is 5.60 Å². The van der Waals surface area contributed by atoms with Gasteiger partial charge in [0.1, 0.15) is 0 Å². The smallest absolute Gasteiger partial charge is 0.192 e. The molecule has 5 heteroatoms. The fraction of sp³-hybridized carbons (Fsp3) is 0.909. The molecular weight excluding hydrogens is 236 g/mol. The van der Waals surface area contributed by atoms with Crippen molar-refractivity contribution in [3.05, 3.63) is 0 Å². The van der Waals surface area contributed by atoms with E-state index in [1.54, 1.807) is 0 Å². The molecule has 0 unspecified atom stereocenters. The molecule has 1 aliphatic rings. The van der Waals surface area contributed by atoms with Crippen LogP contribution >= 0.6 is 12.2 Å². The van der Waals surface area contributed by atoms with Gasteiger partial charge in [0.15, 0.2) is 13.4 Å². The van der Waals surface area contributed by atoms with E-state index in [0.717, 1.165) is 19.4 Å². The third-order valence-electron chi connectivity index (χ3n) is 3.67. The standard InChI is InChI=1S/C11H24N2OSSi/c1-10(2,3)16(4,5)14-11(6-7-11)8-13-9(12)15/h6-8H2,1-5H3,(H3,12,13,15). The molecule has 16 heavy (non-hydrogen) atoms. The van der Waals surface area contributed by atoms with Gasteiger partial charge in [-0.1, -0.05) is 20.8 Å². The molecule has 0 spiro atoms. The number of nitrogens with two attached hydrogens (primary N) is 1. The summed E-state index contributed by atoms with van der Waals surface area (Å²) in [5.74, 6) is 0. The van der Waals surface area contributed by atoms with Crippen molar-refractivity contribution in [2.45, 2.75) is 57.3 Å². The van der Waals surface area contributed by atoms with Gasteiger partial charge in [-0.3, -0.25) is 0 Å². The molecule has 0 aromatic carbocycles. The lowest BCUT2D eigenvalue weighted by Crippen LogP contribution is -2.48. The fourth-order valence-electron chi connectivity index (χ4n) is 1.40. The maximum atomic E-state index is 6.41. The summed E-state index contributed by atoms with van der Waals surface area (Å²) in [6, 6.07) is 0. The van der Waals surface area contributed by atoms with Gasteiger partial charge in [0, 0.05) is 6.54 Å². The first-order valence-electron chi connectivity index (χ1n) is 5.82. The van der Waals surface area contributed by atoms with Gasteiger partial charge in [-0.15, -0.1) is 0 Å². The molecule has 1 aliphatic carbocycles. The van der Waals surface area contributed by atoms with Crippen molar-refractivity contribution in [3.63, 3.8) is 0 Å². The minimum absolute atomic E-state index is 0.00638. The summed E-state index contributed by atoms with van der Waals surface area (Å²) < 4.78 is 6.41. The first-order chi connectivity index (χ1) is 7.08. The second-order valence-corrected chi connectivity index (χ2v) is 11.4. The van der Waals surface area contributed by atoms with Gasteiger partial charge < -0.3 is 15.5 Å². The zero-order valence-electron chi connectivity index (χ0n) is 11.0. The van der Waals surface area contributed by atoms with E-state index < -0.39 is 8.32 Å². The summed E-state index contributed by atoms with van der Waals surface area (Å²) in [5.41, 5.74) is 5.46. The van der Waals surface area contributed by atoms with E-state index in [0.29, 0.717) is 5.11 Å². The zero-order valence-corrected chi connectivity index (χ0v) is 12.8. The Hall–Kier alpha value is -0.133. The van der Waals surface area contributed by atoms with Gasteiger partial charge in [0.25, 0.3) is 0 Å². The van der Waals surface area contributed by atoms with Crippen molar-refractivity contribution in [3.8, 4) is 0 Å². The lowest BCUT2D eigenvalue weighted by molar-refractivity contribution is 0.161. The molecule has 0 aliphatic heterocycles. The number of nitrogens with one attached hydrogen (secondary N) is 1. The summed E-state index contributed by atoms with van der Waals surface area (Å²) in [4.78, 5) is 0. The molecule has 0 radical (unpaired) electrons. The first-order valence-corrected chi connectivity index (χ1v) is 9.13. The van der Waals surface area contributed by atoms with Crippen LogP contribution in [0.5, 0.6) is 0 Å². The van der Waals surface area contributed by atoms with Crippen molar-refractivity contribution >= 4 is 25.6 Å². The van der Waals surface area contributed by atoms with Crippen LogP contribution in [0.2, 0.25) is 18.1 Å². The van der Waals surface area contributed by atoms with E-state index in [-0.39, 0.29) is 10.6 Å². The lowest BCUT2D eigenvalue weighted by atomic mass is 10.2. The van der Waals surface area contributed by atoms with Crippen LogP contribution in [0.4, 0.5) is 0 Å². The quantitative estimate of drug-likeness (QED) is 0.602. The maximum absolute atomic E-state index is 6.41. The molecule has 1 saturated carbocycles. The van der Waals surface area contributed by atoms with Gasteiger partial charge in [0.2, 0.25) is 0 Å². The van der Waals surface area contributed by atoms with Crippen LogP contribution in [0.25, 0.3) is 0 Å². The molecule has 0 bridgehead atoms. The van der Waals surface area contributed by atoms with Gasteiger partial charge in [-0.05, 0) is 43.2 Å². The van der Waals surface area contributed by atoms with Crippen LogP contribution in [0, 0.1) is 0 Å². The average molecular weight is 260 g/mol. The summed E-state index contributed by atoms with van der Waals surface area (Å²) in [6.45, 7) is 12.1. The molecule has 0 atom stereocenters. The summed E-state index contributed by atoms with van der Waals surface area (Å²) >= 11 is 4.83. The van der Waals surface area contributed by atoms with Crippen molar-refractivity contribution in [2.24, 2.45) is 5.73 Å². The Morgan fingerprint density at radius 3 is 2.25 bits per heavy atom. The van der Waals surface area contributed by atoms with Crippen molar-refractivity contribution in [1.82, 2.24) is 5.32 Å². The predicted octanol–water partition coefficient (Wildman–Crippen LogP) is 2.37. The molecule has 0 saturated heterocycles. The minimum atomic E-state index is -1.67. The predicted molar refractivity (Wildman–Crippen MR) is 75.0 cm³/mol. The topological polar surface area (TPSA) is 47.3 Å². The average Bonchev–Trinajstić information content (AvgIpc) is 2.79. The van der Waals surface area contributed by atoms with E-state index in [1.807, 2.05) is 0 Å². The number of hydrogen-bond donors (Lipinski definition) is 2. The molecule has 0 heterocycles. The van der Waals surface area contributed by atoms with Gasteiger partial charge in [-0.2, -0.15) is 0 Å². The van der Waals surface area contributed by atoms with E-state index >= 15 is 0 Å². The Balaban J connectivity index is 2.56. The van der Waals surface area contributed by atoms with Crippen LogP contribution < -0.4 is 11.1 Å². The molecule has 0 aromatic rings. The van der Waals surface area contributed by atoms with E-state index in [2.05, 4.69) is 39.2 Å². The van der Waals surface area contributed by atoms with E-state index in [4.69, 9.17) is 22.4 Å². The zero-order chi connectivity index (χ0) is 12.6. The van der Waals surface area contributed by atoms with E-state index in [1.165, 1.54) is 0 Å². The molecule has 0 aromatic heterocycles. The second kappa shape index (κ2) is 4.27. The van der Waals surface area contributed by atoms with Crippen LogP contribution in [-0.4, -0.2) is 25.6 Å². The van der Waals surface area contributed by atoms with Crippen molar-refractivity contribution in [1.29, 1.82) is 0 Å². The summed E-state index contributed by atoms with van der Waals surface area (Å²) in [6.07, 6.45) is 2.24. The first kappa shape index (κ1) is 13.9. The SMILES string of the molecule is CC(C)(C)[Si](C)(C)OC1(CNC(N)=S)CC1. The third kappa shape index (κ3) is 3.43. The van der Waals surface area contributed by atoms with Crippen LogP contribution in [0.15, 0.2) is 0 Å². The highest BCUT2D eigenvalue weighted by Gasteiger charge is 2.51. The molecule has 1 fully saturated rings. The largest absolute Gasteiger partial charge is 0.410 e. The fourth-order valence-corrected chi connectivity index (χ4v) is 3.13. The normalized spacial score (nSPS) is 19.3. The minimum Gasteiger partial charge on any atom is -0.410 e. The monoisotopic (exact) mass is 260 g/mol. The summed E-state index contributed by atoms with van der Waals surface area (Å²) in [5, 5.41) is 3.65. The highest BCUT2D eigenvalue weighted by atomic mass is 32.1. The Kier molecular flexibility index (Phi) is 3.72. The van der Waals surface area contributed by atoms with Crippen molar-refractivity contribution < 1.29 is 4.43 Å².